The third-order valence-electron chi connectivity index (χ3n) is 2.65. The number of pyridine rings is 1. The van der Waals surface area contributed by atoms with E-state index in [1.807, 2.05) is 6.92 Å². The molecule has 1 rings (SSSR count). The first-order valence-corrected chi connectivity index (χ1v) is 6.70. The van der Waals surface area contributed by atoms with Gasteiger partial charge in [0.15, 0.2) is 0 Å². The van der Waals surface area contributed by atoms with Crippen LogP contribution in [0.1, 0.15) is 12.5 Å². The fraction of sp³-hybridized carbons (Fsp3) is 0.500. The maximum atomic E-state index is 11.8. The molecule has 0 spiro atoms. The Labute approximate surface area is 121 Å². The lowest BCUT2D eigenvalue weighted by Gasteiger charge is -2.16. The highest BCUT2D eigenvalue weighted by Gasteiger charge is 2.15. The molecular weight excluding hydrogens is 312 g/mol. The zero-order valence-corrected chi connectivity index (χ0v) is 12.9. The first kappa shape index (κ1) is 15.7. The molecule has 7 heteroatoms. The third kappa shape index (κ3) is 4.36. The van der Waals surface area contributed by atoms with Crippen LogP contribution < -0.4 is 16.4 Å². The summed E-state index contributed by atoms with van der Waals surface area (Å²) in [5.41, 5.74) is 7.25. The van der Waals surface area contributed by atoms with Gasteiger partial charge < -0.3 is 21.1 Å². The molecular formula is C12H19BrN4O2. The van der Waals surface area contributed by atoms with Crippen molar-refractivity contribution >= 4 is 33.3 Å². The van der Waals surface area contributed by atoms with E-state index in [2.05, 4.69) is 31.5 Å². The first-order valence-electron chi connectivity index (χ1n) is 5.91. The van der Waals surface area contributed by atoms with Crippen molar-refractivity contribution in [3.05, 3.63) is 16.2 Å². The minimum absolute atomic E-state index is 0.111. The Morgan fingerprint density at radius 2 is 2.32 bits per heavy atom. The van der Waals surface area contributed by atoms with Crippen LogP contribution in [-0.2, 0) is 9.53 Å². The molecule has 0 aliphatic carbocycles. The van der Waals surface area contributed by atoms with Gasteiger partial charge in [-0.1, -0.05) is 0 Å². The van der Waals surface area contributed by atoms with E-state index < -0.39 is 6.04 Å². The molecule has 6 nitrogen and oxygen atoms in total. The summed E-state index contributed by atoms with van der Waals surface area (Å²) in [6, 6.07) is -0.399. The van der Waals surface area contributed by atoms with Gasteiger partial charge in [0, 0.05) is 13.7 Å². The van der Waals surface area contributed by atoms with Gasteiger partial charge in [-0.2, -0.15) is 0 Å². The van der Waals surface area contributed by atoms with Crippen LogP contribution in [0.15, 0.2) is 10.7 Å². The summed E-state index contributed by atoms with van der Waals surface area (Å²) in [6.07, 6.45) is 1.57. The predicted molar refractivity (Wildman–Crippen MR) is 79.1 cm³/mol. The number of nitrogens with two attached hydrogens (primary N) is 1. The van der Waals surface area contributed by atoms with Crippen molar-refractivity contribution in [3.8, 4) is 0 Å². The van der Waals surface area contributed by atoms with Gasteiger partial charge >= 0.3 is 0 Å². The van der Waals surface area contributed by atoms with Gasteiger partial charge in [0.05, 0.1) is 23.0 Å². The molecule has 0 aliphatic heterocycles. The van der Waals surface area contributed by atoms with Crippen LogP contribution in [0.3, 0.4) is 0 Å². The van der Waals surface area contributed by atoms with E-state index in [4.69, 9.17) is 10.5 Å². The van der Waals surface area contributed by atoms with Gasteiger partial charge in [0.25, 0.3) is 0 Å². The highest BCUT2D eigenvalue weighted by atomic mass is 79.9. The van der Waals surface area contributed by atoms with Crippen LogP contribution in [-0.4, -0.2) is 37.2 Å². The van der Waals surface area contributed by atoms with Crippen molar-refractivity contribution in [2.24, 2.45) is 0 Å². The number of carbonyl (C=O) groups excluding carboxylic acids is 1. The number of aromatic nitrogens is 1. The van der Waals surface area contributed by atoms with Gasteiger partial charge in [0.1, 0.15) is 11.9 Å². The number of nitrogens with one attached hydrogen (secondary N) is 2. The highest BCUT2D eigenvalue weighted by Crippen LogP contribution is 2.27. The zero-order valence-electron chi connectivity index (χ0n) is 11.3. The molecule has 1 aromatic rings. The Morgan fingerprint density at radius 3 is 2.95 bits per heavy atom. The zero-order chi connectivity index (χ0) is 14.4. The number of nitrogen functional groups attached to an aromatic ring is 1. The van der Waals surface area contributed by atoms with Crippen LogP contribution in [0, 0.1) is 6.92 Å². The normalized spacial score (nSPS) is 12.0. The minimum Gasteiger partial charge on any atom is -0.397 e. The summed E-state index contributed by atoms with van der Waals surface area (Å²) in [7, 11) is 1.59. The number of rotatable bonds is 6. The van der Waals surface area contributed by atoms with Crippen molar-refractivity contribution in [2.45, 2.75) is 19.9 Å². The van der Waals surface area contributed by atoms with Gasteiger partial charge in [0.2, 0.25) is 5.91 Å². The molecule has 0 aromatic carbocycles. The Balaban J connectivity index is 2.64. The largest absolute Gasteiger partial charge is 0.397 e. The molecule has 19 heavy (non-hydrogen) atoms. The van der Waals surface area contributed by atoms with Crippen molar-refractivity contribution < 1.29 is 9.53 Å². The molecule has 0 bridgehead atoms. The van der Waals surface area contributed by atoms with Crippen LogP contribution in [0.2, 0.25) is 0 Å². The minimum atomic E-state index is -0.399. The number of carbonyl (C=O) groups is 1. The molecule has 1 heterocycles. The third-order valence-corrected chi connectivity index (χ3v) is 3.63. The van der Waals surface area contributed by atoms with Gasteiger partial charge in [-0.05, 0) is 35.3 Å². The Morgan fingerprint density at radius 1 is 1.63 bits per heavy atom. The molecule has 0 saturated carbocycles. The maximum absolute atomic E-state index is 11.8. The molecule has 4 N–H and O–H groups in total. The lowest BCUT2D eigenvalue weighted by Crippen LogP contribution is -2.39. The average molecular weight is 331 g/mol. The summed E-state index contributed by atoms with van der Waals surface area (Å²) in [4.78, 5) is 16.0. The van der Waals surface area contributed by atoms with E-state index in [-0.39, 0.29) is 5.91 Å². The van der Waals surface area contributed by atoms with E-state index in [1.165, 1.54) is 0 Å². The van der Waals surface area contributed by atoms with E-state index in [0.29, 0.717) is 24.7 Å². The molecule has 0 saturated heterocycles. The number of ether oxygens (including phenoxy) is 1. The summed E-state index contributed by atoms with van der Waals surface area (Å²) < 4.78 is 5.64. The predicted octanol–water partition coefficient (Wildman–Crippen LogP) is 1.30. The standard InChI is InChI=1S/C12H19BrN4O2/c1-7-9(14)6-16-11(10(7)13)17-8(2)12(18)15-4-5-19-3/h6,8H,4-5,14H2,1-3H3,(H,15,18)(H,16,17). The number of amides is 1. The maximum Gasteiger partial charge on any atom is 0.242 e. The van der Waals surface area contributed by atoms with E-state index in [0.717, 1.165) is 10.0 Å². The average Bonchev–Trinajstić information content (AvgIpc) is 2.39. The monoisotopic (exact) mass is 330 g/mol. The number of hydrogen-bond acceptors (Lipinski definition) is 5. The Kier molecular flexibility index (Phi) is 6.04. The van der Waals surface area contributed by atoms with E-state index in [9.17, 15) is 4.79 Å². The number of nitrogens with zero attached hydrogens (tertiary/aromatic N) is 1. The fourth-order valence-corrected chi connectivity index (χ4v) is 1.84. The summed E-state index contributed by atoms with van der Waals surface area (Å²) in [5.74, 6) is 0.487. The van der Waals surface area contributed by atoms with E-state index >= 15 is 0 Å². The first-order chi connectivity index (χ1) is 8.97. The molecule has 1 amide bonds. The Hall–Kier alpha value is -1.34. The van der Waals surface area contributed by atoms with Crippen LogP contribution in [0.25, 0.3) is 0 Å². The SMILES string of the molecule is COCCNC(=O)C(C)Nc1ncc(N)c(C)c1Br. The van der Waals surface area contributed by atoms with Crippen LogP contribution >= 0.6 is 15.9 Å². The second-order valence-corrected chi connectivity index (χ2v) is 4.94. The number of hydrogen-bond donors (Lipinski definition) is 3. The van der Waals surface area contributed by atoms with E-state index in [1.54, 1.807) is 20.2 Å². The lowest BCUT2D eigenvalue weighted by molar-refractivity contribution is -0.121. The van der Waals surface area contributed by atoms with Crippen molar-refractivity contribution in [1.29, 1.82) is 0 Å². The Bertz CT molecular complexity index is 454. The smallest absolute Gasteiger partial charge is 0.242 e. The lowest BCUT2D eigenvalue weighted by atomic mass is 10.2. The molecule has 106 valence electrons. The molecule has 1 aromatic heterocycles. The summed E-state index contributed by atoms with van der Waals surface area (Å²) in [5, 5.41) is 5.79. The molecule has 0 radical (unpaired) electrons. The number of halogens is 1. The molecule has 1 unspecified atom stereocenters. The van der Waals surface area contributed by atoms with Crippen molar-refractivity contribution in [2.75, 3.05) is 31.3 Å². The molecule has 1 atom stereocenters. The van der Waals surface area contributed by atoms with Gasteiger partial charge in [-0.25, -0.2) is 4.98 Å². The fourth-order valence-electron chi connectivity index (χ4n) is 1.39. The van der Waals surface area contributed by atoms with Crippen LogP contribution in [0.4, 0.5) is 11.5 Å². The molecule has 0 aliphatic rings. The van der Waals surface area contributed by atoms with Crippen LogP contribution in [0.5, 0.6) is 0 Å². The highest BCUT2D eigenvalue weighted by molar-refractivity contribution is 9.10. The van der Waals surface area contributed by atoms with Crippen molar-refractivity contribution in [1.82, 2.24) is 10.3 Å². The molecule has 0 fully saturated rings. The van der Waals surface area contributed by atoms with Crippen molar-refractivity contribution in [3.63, 3.8) is 0 Å². The van der Waals surface area contributed by atoms with Gasteiger partial charge in [-0.15, -0.1) is 0 Å². The van der Waals surface area contributed by atoms with Gasteiger partial charge in [-0.3, -0.25) is 4.79 Å². The second kappa shape index (κ2) is 7.30. The summed E-state index contributed by atoms with van der Waals surface area (Å²) in [6.45, 7) is 4.62. The summed E-state index contributed by atoms with van der Waals surface area (Å²) >= 11 is 3.42. The number of methoxy groups -OCH3 is 1. The topological polar surface area (TPSA) is 89.3 Å². The second-order valence-electron chi connectivity index (χ2n) is 4.15. The quantitative estimate of drug-likeness (QED) is 0.684. The number of anilines is 2.